The van der Waals surface area contributed by atoms with Gasteiger partial charge in [-0.15, -0.1) is 11.3 Å². The first-order valence-electron chi connectivity index (χ1n) is 14.2. The maximum atomic E-state index is 9.68. The van der Waals surface area contributed by atoms with Gasteiger partial charge in [-0.3, -0.25) is 0 Å². The van der Waals surface area contributed by atoms with E-state index in [1.807, 2.05) is 12.1 Å². The van der Waals surface area contributed by atoms with Crippen LogP contribution in [0.25, 0.3) is 31.9 Å². The van der Waals surface area contributed by atoms with Crippen LogP contribution in [0.1, 0.15) is 46.7 Å². The summed E-state index contributed by atoms with van der Waals surface area (Å²) in [6.45, 7) is 3.91. The number of rotatable bonds is 6. The van der Waals surface area contributed by atoms with Gasteiger partial charge in [-0.25, -0.2) is 9.97 Å². The van der Waals surface area contributed by atoms with Gasteiger partial charge in [0.25, 0.3) is 0 Å². The minimum atomic E-state index is -0.212. The van der Waals surface area contributed by atoms with Gasteiger partial charge in [0.05, 0.1) is 44.3 Å². The molecular formula is C33H31ClN6OS. The zero-order valence-electron chi connectivity index (χ0n) is 23.8. The predicted molar refractivity (Wildman–Crippen MR) is 169 cm³/mol. The largest absolute Gasteiger partial charge is 0.392 e. The minimum Gasteiger partial charge on any atom is -0.392 e. The topological polar surface area (TPSA) is 90.0 Å². The number of nitrogens with zero attached hydrogens (tertiary/aromatic N) is 5. The maximum absolute atomic E-state index is 9.68. The molecule has 2 N–H and O–H groups in total. The number of thiazole rings is 1. The highest BCUT2D eigenvalue weighted by Gasteiger charge is 2.49. The molecule has 1 fully saturated rings. The Bertz CT molecular complexity index is 1910. The van der Waals surface area contributed by atoms with E-state index < -0.39 is 0 Å². The minimum absolute atomic E-state index is 0.129. The standard InChI is InChI=1S/C33H31ClN6OS/c1-19-22(6-4-7-23(19)31-36-26-15-20(18-41)14-21(16-35)30(26)42-31)24-8-5-9-25(29(24)34)38-33(11-12-33)32-37-27-17-39(2)13-10-28(27)40(32)3/h4-9,14-15,38,41H,10-13,17-18H2,1-3H3. The number of imidazole rings is 1. The number of halogens is 1. The lowest BCUT2D eigenvalue weighted by Crippen LogP contribution is -2.27. The van der Waals surface area contributed by atoms with E-state index in [0.717, 1.165) is 81.3 Å². The number of aromatic nitrogens is 3. The van der Waals surface area contributed by atoms with Crippen LogP contribution in [-0.4, -0.2) is 38.1 Å². The van der Waals surface area contributed by atoms with Crippen LogP contribution < -0.4 is 5.32 Å². The third kappa shape index (κ3) is 4.40. The lowest BCUT2D eigenvalue weighted by molar-refractivity contribution is 0.282. The fourth-order valence-electron chi connectivity index (χ4n) is 6.25. The molecule has 9 heteroatoms. The highest BCUT2D eigenvalue weighted by Crippen LogP contribution is 2.50. The molecule has 1 aliphatic heterocycles. The number of likely N-dealkylation sites (N-methyl/N-ethyl adjacent to an activating group) is 1. The molecule has 212 valence electrons. The number of hydrogen-bond donors (Lipinski definition) is 2. The smallest absolute Gasteiger partial charge is 0.134 e. The Hall–Kier alpha value is -3.74. The molecule has 42 heavy (non-hydrogen) atoms. The number of hydrogen-bond acceptors (Lipinski definition) is 7. The molecule has 0 radical (unpaired) electrons. The van der Waals surface area contributed by atoms with Gasteiger partial charge in [-0.2, -0.15) is 5.26 Å². The molecule has 0 amide bonds. The van der Waals surface area contributed by atoms with E-state index in [0.29, 0.717) is 16.1 Å². The molecule has 2 aromatic heterocycles. The van der Waals surface area contributed by atoms with Crippen LogP contribution in [0.4, 0.5) is 5.69 Å². The van der Waals surface area contributed by atoms with Crippen LogP contribution >= 0.6 is 22.9 Å². The molecule has 0 bridgehead atoms. The van der Waals surface area contributed by atoms with Gasteiger partial charge in [-0.05, 0) is 61.7 Å². The number of nitrogens with one attached hydrogen (secondary N) is 1. The van der Waals surface area contributed by atoms with E-state index in [9.17, 15) is 10.4 Å². The van der Waals surface area contributed by atoms with Gasteiger partial charge in [0.2, 0.25) is 0 Å². The summed E-state index contributed by atoms with van der Waals surface area (Å²) < 4.78 is 3.13. The number of anilines is 1. The van der Waals surface area contributed by atoms with Crippen molar-refractivity contribution in [2.45, 2.75) is 44.9 Å². The van der Waals surface area contributed by atoms with E-state index in [1.54, 1.807) is 6.07 Å². The molecule has 0 spiro atoms. The van der Waals surface area contributed by atoms with Gasteiger partial charge in [0, 0.05) is 43.4 Å². The molecule has 7 rings (SSSR count). The lowest BCUT2D eigenvalue weighted by Gasteiger charge is -2.23. The Kier molecular flexibility index (Phi) is 6.59. The van der Waals surface area contributed by atoms with E-state index >= 15 is 0 Å². The Labute approximate surface area is 254 Å². The van der Waals surface area contributed by atoms with Gasteiger partial charge < -0.3 is 19.9 Å². The fraction of sp³-hybridized carbons (Fsp3) is 0.303. The second-order valence-corrected chi connectivity index (χ2v) is 12.9. The van der Waals surface area contributed by atoms with Gasteiger partial charge in [0.1, 0.15) is 16.9 Å². The van der Waals surface area contributed by atoms with Crippen LogP contribution in [0.5, 0.6) is 0 Å². The molecule has 1 saturated carbocycles. The van der Waals surface area contributed by atoms with Crippen molar-refractivity contribution in [2.24, 2.45) is 7.05 Å². The van der Waals surface area contributed by atoms with Crippen molar-refractivity contribution in [1.82, 2.24) is 19.4 Å². The van der Waals surface area contributed by atoms with Crippen LogP contribution in [-0.2, 0) is 32.2 Å². The monoisotopic (exact) mass is 594 g/mol. The number of aliphatic hydroxyl groups excluding tert-OH is 1. The molecule has 7 nitrogen and oxygen atoms in total. The van der Waals surface area contributed by atoms with Crippen LogP contribution in [0.15, 0.2) is 48.5 Å². The van der Waals surface area contributed by atoms with Gasteiger partial charge in [-0.1, -0.05) is 41.9 Å². The van der Waals surface area contributed by atoms with Crippen LogP contribution in [0.2, 0.25) is 5.02 Å². The highest BCUT2D eigenvalue weighted by molar-refractivity contribution is 7.22. The molecule has 1 aliphatic carbocycles. The van der Waals surface area contributed by atoms with Crippen LogP contribution in [0, 0.1) is 18.3 Å². The predicted octanol–water partition coefficient (Wildman–Crippen LogP) is 6.78. The van der Waals surface area contributed by atoms with E-state index in [2.05, 4.69) is 72.2 Å². The summed E-state index contributed by atoms with van der Waals surface area (Å²) in [4.78, 5) is 12.3. The summed E-state index contributed by atoms with van der Waals surface area (Å²) >= 11 is 8.66. The average Bonchev–Trinajstić information content (AvgIpc) is 3.51. The molecule has 0 unspecified atom stereocenters. The zero-order valence-corrected chi connectivity index (χ0v) is 25.4. The Morgan fingerprint density at radius 1 is 1.10 bits per heavy atom. The maximum Gasteiger partial charge on any atom is 0.134 e. The summed E-state index contributed by atoms with van der Waals surface area (Å²) in [5.41, 5.74) is 9.23. The first-order chi connectivity index (χ1) is 20.3. The number of fused-ring (bicyclic) bond motifs is 2. The third-order valence-corrected chi connectivity index (χ3v) is 10.2. The Balaban J connectivity index is 1.24. The average molecular weight is 595 g/mol. The fourth-order valence-corrected chi connectivity index (χ4v) is 7.62. The number of nitriles is 1. The molecule has 0 atom stereocenters. The van der Waals surface area contributed by atoms with Crippen molar-refractivity contribution in [2.75, 3.05) is 18.9 Å². The summed E-state index contributed by atoms with van der Waals surface area (Å²) in [6, 6.07) is 18.2. The summed E-state index contributed by atoms with van der Waals surface area (Å²) in [6.07, 6.45) is 3.05. The molecule has 3 aromatic carbocycles. The number of benzene rings is 3. The van der Waals surface area contributed by atoms with Gasteiger partial charge >= 0.3 is 0 Å². The Morgan fingerprint density at radius 3 is 2.62 bits per heavy atom. The molecule has 0 saturated heterocycles. The molecular weight excluding hydrogens is 564 g/mol. The SMILES string of the molecule is Cc1c(-c2nc3cc(CO)cc(C#N)c3s2)cccc1-c1cccc(NC2(c3nc4c(n3C)CCN(C)C4)CC2)c1Cl. The second-order valence-electron chi connectivity index (χ2n) is 11.5. The van der Waals surface area contributed by atoms with E-state index in [4.69, 9.17) is 21.6 Å². The van der Waals surface area contributed by atoms with E-state index in [-0.39, 0.29) is 12.1 Å². The molecule has 5 aromatic rings. The molecule has 2 aliphatic rings. The van der Waals surface area contributed by atoms with Crippen LogP contribution in [0.3, 0.4) is 0 Å². The van der Waals surface area contributed by atoms with Crippen molar-refractivity contribution in [1.29, 1.82) is 5.26 Å². The van der Waals surface area contributed by atoms with Crippen molar-refractivity contribution >= 4 is 38.8 Å². The lowest BCUT2D eigenvalue weighted by atomic mass is 9.96. The van der Waals surface area contributed by atoms with Crippen molar-refractivity contribution < 1.29 is 5.11 Å². The van der Waals surface area contributed by atoms with Gasteiger partial charge in [0.15, 0.2) is 0 Å². The normalized spacial score (nSPS) is 15.9. The van der Waals surface area contributed by atoms with E-state index in [1.165, 1.54) is 22.7 Å². The second kappa shape index (κ2) is 10.2. The van der Waals surface area contributed by atoms with Crippen molar-refractivity contribution in [3.8, 4) is 27.8 Å². The zero-order chi connectivity index (χ0) is 29.2. The third-order valence-electron chi connectivity index (χ3n) is 8.70. The first-order valence-corrected chi connectivity index (χ1v) is 15.4. The molecule has 3 heterocycles. The van der Waals surface area contributed by atoms with Crippen molar-refractivity contribution in [3.63, 3.8) is 0 Å². The Morgan fingerprint density at radius 2 is 1.86 bits per heavy atom. The summed E-state index contributed by atoms with van der Waals surface area (Å²) in [5, 5.41) is 24.6. The quantitative estimate of drug-likeness (QED) is 0.225. The highest BCUT2D eigenvalue weighted by atomic mass is 35.5. The summed E-state index contributed by atoms with van der Waals surface area (Å²) in [7, 11) is 4.30. The van der Waals surface area contributed by atoms with Crippen molar-refractivity contribution in [3.05, 3.63) is 87.5 Å². The number of aliphatic hydroxyl groups is 1. The first kappa shape index (κ1) is 27.1. The summed E-state index contributed by atoms with van der Waals surface area (Å²) in [5.74, 6) is 1.10.